The standard InChI is InChI=1S/C21H26N10O3/c1-4-27(5-2)19(32)14-11-24-28(12-14)8-9-29-20-25-18-17(31(20)26(3)21(29)33)16(23-13-30(18)22)15-7-6-10-34-15/h6-7,10-12H,4-5,8-9,13,22H2,1-3H3. The number of nitrogens with zero attached hydrogens (tertiary/aromatic N) is 9. The first-order chi connectivity index (χ1) is 16.4. The molecule has 2 N–H and O–H groups in total. The number of furan rings is 1. The van der Waals surface area contributed by atoms with E-state index in [1.165, 1.54) is 9.69 Å². The molecule has 4 aromatic rings. The lowest BCUT2D eigenvalue weighted by molar-refractivity contribution is 0.0773. The normalized spacial score (nSPS) is 13.4. The van der Waals surface area contributed by atoms with Crippen molar-refractivity contribution in [2.75, 3.05) is 24.8 Å². The first-order valence-corrected chi connectivity index (χ1v) is 11.1. The van der Waals surface area contributed by atoms with Gasteiger partial charge in [0.2, 0.25) is 5.78 Å². The molecule has 0 aliphatic carbocycles. The van der Waals surface area contributed by atoms with Crippen LogP contribution in [0.5, 0.6) is 0 Å². The van der Waals surface area contributed by atoms with Crippen LogP contribution in [-0.2, 0) is 20.1 Å². The van der Waals surface area contributed by atoms with Crippen LogP contribution in [0.15, 0.2) is 45.0 Å². The fourth-order valence-electron chi connectivity index (χ4n) is 4.19. The van der Waals surface area contributed by atoms with Gasteiger partial charge in [-0.15, -0.1) is 0 Å². The molecule has 0 atom stereocenters. The number of carbonyl (C=O) groups is 1. The van der Waals surface area contributed by atoms with Crippen LogP contribution in [0.3, 0.4) is 0 Å². The number of hydrogen-bond acceptors (Lipinski definition) is 8. The zero-order chi connectivity index (χ0) is 24.0. The fourth-order valence-corrected chi connectivity index (χ4v) is 4.19. The van der Waals surface area contributed by atoms with E-state index < -0.39 is 0 Å². The molecule has 4 aromatic heterocycles. The summed E-state index contributed by atoms with van der Waals surface area (Å²) in [4.78, 5) is 36.6. The Morgan fingerprint density at radius 2 is 2.06 bits per heavy atom. The third-order valence-electron chi connectivity index (χ3n) is 5.98. The molecular weight excluding hydrogens is 440 g/mol. The second kappa shape index (κ2) is 8.33. The maximum absolute atomic E-state index is 13.1. The third kappa shape index (κ3) is 3.32. The summed E-state index contributed by atoms with van der Waals surface area (Å²) in [6, 6.07) is 3.58. The molecule has 0 bridgehead atoms. The maximum Gasteiger partial charge on any atom is 0.345 e. The Labute approximate surface area is 194 Å². The van der Waals surface area contributed by atoms with Crippen molar-refractivity contribution in [3.8, 4) is 0 Å². The van der Waals surface area contributed by atoms with Crippen LogP contribution in [0.2, 0.25) is 0 Å². The first-order valence-electron chi connectivity index (χ1n) is 11.1. The van der Waals surface area contributed by atoms with E-state index in [0.29, 0.717) is 60.5 Å². The van der Waals surface area contributed by atoms with Crippen molar-refractivity contribution in [2.45, 2.75) is 26.9 Å². The number of imidazole rings is 1. The van der Waals surface area contributed by atoms with Gasteiger partial charge in [0.15, 0.2) is 11.6 Å². The summed E-state index contributed by atoms with van der Waals surface area (Å²) in [7, 11) is 1.66. The highest BCUT2D eigenvalue weighted by molar-refractivity contribution is 6.14. The highest BCUT2D eigenvalue weighted by Crippen LogP contribution is 2.26. The van der Waals surface area contributed by atoms with Crippen LogP contribution in [-0.4, -0.2) is 64.8 Å². The van der Waals surface area contributed by atoms with E-state index in [1.54, 1.807) is 56.5 Å². The minimum Gasteiger partial charge on any atom is -0.463 e. The predicted molar refractivity (Wildman–Crippen MR) is 124 cm³/mol. The average Bonchev–Trinajstić information content (AvgIpc) is 3.62. The lowest BCUT2D eigenvalue weighted by Crippen LogP contribution is -2.37. The number of hydrazine groups is 1. The summed E-state index contributed by atoms with van der Waals surface area (Å²) in [5.74, 6) is 7.58. The Morgan fingerprint density at radius 3 is 2.76 bits per heavy atom. The average molecular weight is 467 g/mol. The van der Waals surface area contributed by atoms with Gasteiger partial charge < -0.3 is 9.32 Å². The predicted octanol–water partition coefficient (Wildman–Crippen LogP) is 0.295. The molecule has 13 nitrogen and oxygen atoms in total. The second-order valence-corrected chi connectivity index (χ2v) is 7.92. The summed E-state index contributed by atoms with van der Waals surface area (Å²) in [6.45, 7) is 6.04. The van der Waals surface area contributed by atoms with Gasteiger partial charge in [-0.1, -0.05) is 0 Å². The van der Waals surface area contributed by atoms with Crippen molar-refractivity contribution < 1.29 is 9.21 Å². The number of aliphatic imine (C=N–C) groups is 1. The second-order valence-electron chi connectivity index (χ2n) is 7.92. The minimum atomic E-state index is -0.246. The van der Waals surface area contributed by atoms with Gasteiger partial charge in [-0.3, -0.25) is 24.0 Å². The molecule has 0 saturated carbocycles. The molecule has 1 amide bonds. The summed E-state index contributed by atoms with van der Waals surface area (Å²) in [5.41, 5.74) is 1.44. The van der Waals surface area contributed by atoms with Gasteiger partial charge in [0.25, 0.3) is 5.91 Å². The maximum atomic E-state index is 13.1. The Balaban J connectivity index is 1.48. The monoisotopic (exact) mass is 466 g/mol. The van der Waals surface area contributed by atoms with Crippen molar-refractivity contribution in [2.24, 2.45) is 17.9 Å². The molecular formula is C21H26N10O3. The molecule has 5 rings (SSSR count). The van der Waals surface area contributed by atoms with Gasteiger partial charge in [0, 0.05) is 26.3 Å². The van der Waals surface area contributed by atoms with Gasteiger partial charge in [0.1, 0.15) is 18.1 Å². The molecule has 0 aromatic carbocycles. The number of aromatic nitrogens is 6. The summed E-state index contributed by atoms with van der Waals surface area (Å²) >= 11 is 0. The van der Waals surface area contributed by atoms with E-state index in [0.717, 1.165) is 0 Å². The van der Waals surface area contributed by atoms with Crippen molar-refractivity contribution in [1.29, 1.82) is 0 Å². The van der Waals surface area contributed by atoms with E-state index in [4.69, 9.17) is 10.3 Å². The zero-order valence-corrected chi connectivity index (χ0v) is 19.2. The Morgan fingerprint density at radius 1 is 1.26 bits per heavy atom. The number of amides is 1. The SMILES string of the molecule is CCN(CC)C(=O)c1cnn(CCn2c(=O)n(C)n3c4c(nc23)N(N)CN=C4c2ccco2)c1. The Kier molecular flexibility index (Phi) is 5.32. The van der Waals surface area contributed by atoms with Crippen LogP contribution in [0.25, 0.3) is 5.78 Å². The fraction of sp³-hybridized carbons (Fsp3) is 0.381. The van der Waals surface area contributed by atoms with Gasteiger partial charge >= 0.3 is 5.69 Å². The summed E-state index contributed by atoms with van der Waals surface area (Å²) in [6.07, 6.45) is 4.82. The third-order valence-corrected chi connectivity index (χ3v) is 5.98. The van der Waals surface area contributed by atoms with Crippen LogP contribution in [0, 0.1) is 0 Å². The summed E-state index contributed by atoms with van der Waals surface area (Å²) < 4.78 is 11.9. The highest BCUT2D eigenvalue weighted by atomic mass is 16.3. The number of nitrogens with two attached hydrogens (primary N) is 1. The number of hydrogen-bond donors (Lipinski definition) is 1. The molecule has 5 heterocycles. The lowest BCUT2D eigenvalue weighted by atomic mass is 10.2. The molecule has 34 heavy (non-hydrogen) atoms. The first kappa shape index (κ1) is 21.7. The van der Waals surface area contributed by atoms with Crippen molar-refractivity contribution in [3.63, 3.8) is 0 Å². The van der Waals surface area contributed by atoms with E-state index in [9.17, 15) is 9.59 Å². The quantitative estimate of drug-likeness (QED) is 0.387. The van der Waals surface area contributed by atoms with Crippen molar-refractivity contribution >= 4 is 23.2 Å². The van der Waals surface area contributed by atoms with E-state index >= 15 is 0 Å². The van der Waals surface area contributed by atoms with Gasteiger partial charge in [0.05, 0.1) is 31.1 Å². The molecule has 1 aliphatic heterocycles. The van der Waals surface area contributed by atoms with Gasteiger partial charge in [-0.2, -0.15) is 10.1 Å². The largest absolute Gasteiger partial charge is 0.463 e. The van der Waals surface area contributed by atoms with E-state index in [1.807, 2.05) is 13.8 Å². The topological polar surface area (TPSA) is 137 Å². The van der Waals surface area contributed by atoms with Crippen LogP contribution in [0.1, 0.15) is 35.7 Å². The minimum absolute atomic E-state index is 0.0655. The molecule has 178 valence electrons. The Bertz CT molecular complexity index is 1430. The van der Waals surface area contributed by atoms with Crippen LogP contribution < -0.4 is 16.5 Å². The number of carbonyl (C=O) groups excluding carboxylic acids is 1. The van der Waals surface area contributed by atoms with Crippen LogP contribution >= 0.6 is 0 Å². The molecule has 1 aliphatic rings. The van der Waals surface area contributed by atoms with E-state index in [2.05, 4.69) is 15.1 Å². The molecule has 13 heteroatoms. The number of anilines is 1. The smallest absolute Gasteiger partial charge is 0.345 e. The molecule has 0 saturated heterocycles. The summed E-state index contributed by atoms with van der Waals surface area (Å²) in [5, 5.41) is 5.74. The van der Waals surface area contributed by atoms with Gasteiger partial charge in [-0.05, 0) is 26.0 Å². The van der Waals surface area contributed by atoms with Crippen molar-refractivity contribution in [3.05, 3.63) is 58.3 Å². The molecule has 0 unspecified atom stereocenters. The molecule has 0 radical (unpaired) electrons. The van der Waals surface area contributed by atoms with Gasteiger partial charge in [-0.25, -0.2) is 19.8 Å². The number of rotatable bonds is 7. The Hall–Kier alpha value is -4.13. The van der Waals surface area contributed by atoms with E-state index in [-0.39, 0.29) is 18.3 Å². The van der Waals surface area contributed by atoms with Crippen molar-refractivity contribution in [1.82, 2.24) is 33.4 Å². The zero-order valence-electron chi connectivity index (χ0n) is 19.2. The molecule has 0 spiro atoms. The number of fused-ring (bicyclic) bond motifs is 3. The number of aryl methyl sites for hydroxylation is 3. The van der Waals surface area contributed by atoms with Crippen LogP contribution in [0.4, 0.5) is 5.82 Å². The molecule has 0 fully saturated rings. The highest BCUT2D eigenvalue weighted by Gasteiger charge is 2.31. The lowest BCUT2D eigenvalue weighted by Gasteiger charge is -2.20.